The average molecular weight is 309 g/mol. The molecule has 1 aliphatic carbocycles. The number of ether oxygens (including phenoxy) is 1. The maximum atomic E-state index is 12.5. The Morgan fingerprint density at radius 2 is 2.29 bits per heavy atom. The van der Waals surface area contributed by atoms with Gasteiger partial charge in [-0.15, -0.1) is 11.3 Å². The maximum Gasteiger partial charge on any atom is 0.306 e. The predicted molar refractivity (Wildman–Crippen MR) is 78.5 cm³/mol. The summed E-state index contributed by atoms with van der Waals surface area (Å²) in [6.07, 6.45) is 0.503. The minimum absolute atomic E-state index is 0.0397. The summed E-state index contributed by atoms with van der Waals surface area (Å²) in [5.74, 6) is -0.291. The highest BCUT2D eigenvalue weighted by Crippen LogP contribution is 2.50. The number of morpholine rings is 1. The quantitative estimate of drug-likeness (QED) is 0.922. The zero-order valence-electron chi connectivity index (χ0n) is 11.9. The van der Waals surface area contributed by atoms with E-state index in [1.165, 1.54) is 9.75 Å². The van der Waals surface area contributed by atoms with Crippen LogP contribution in [0.3, 0.4) is 0 Å². The smallest absolute Gasteiger partial charge is 0.306 e. The van der Waals surface area contributed by atoms with Crippen LogP contribution in [0, 0.1) is 12.8 Å². The van der Waals surface area contributed by atoms with Crippen molar-refractivity contribution in [1.82, 2.24) is 4.90 Å². The van der Waals surface area contributed by atoms with Gasteiger partial charge in [-0.05, 0) is 25.5 Å². The van der Waals surface area contributed by atoms with Crippen LogP contribution in [0.25, 0.3) is 0 Å². The molecule has 1 aromatic heterocycles. The first kappa shape index (κ1) is 14.5. The zero-order valence-corrected chi connectivity index (χ0v) is 12.8. The third-order valence-corrected chi connectivity index (χ3v) is 5.22. The van der Waals surface area contributed by atoms with Crippen LogP contribution in [0.1, 0.15) is 28.5 Å². The van der Waals surface area contributed by atoms with Crippen molar-refractivity contribution in [2.45, 2.75) is 31.8 Å². The van der Waals surface area contributed by atoms with E-state index in [0.717, 1.165) is 6.42 Å². The lowest BCUT2D eigenvalue weighted by Gasteiger charge is -2.32. The third kappa shape index (κ3) is 3.27. The predicted octanol–water partition coefficient (Wildman–Crippen LogP) is 1.86. The van der Waals surface area contributed by atoms with Crippen molar-refractivity contribution in [3.05, 3.63) is 21.9 Å². The maximum absolute atomic E-state index is 12.5. The number of carboxylic acid groups (broad SMARTS) is 1. The van der Waals surface area contributed by atoms with Gasteiger partial charge in [0, 0.05) is 34.7 Å². The van der Waals surface area contributed by atoms with Gasteiger partial charge in [0.25, 0.3) is 0 Å². The van der Waals surface area contributed by atoms with Crippen LogP contribution in [-0.2, 0) is 14.3 Å². The molecule has 1 saturated carbocycles. The van der Waals surface area contributed by atoms with Gasteiger partial charge in [0.05, 0.1) is 19.1 Å². The molecule has 6 heteroatoms. The molecule has 3 atom stereocenters. The summed E-state index contributed by atoms with van der Waals surface area (Å²) in [7, 11) is 0. The molecule has 5 nitrogen and oxygen atoms in total. The number of carbonyl (C=O) groups is 2. The standard InChI is InChI=1S/C15H19NO4S/c1-9-2-3-13(21-9)11-7-12(11)15(19)16-4-5-20-10(8-16)6-14(17)18/h2-3,10-12H,4-8H2,1H3,(H,17,18). The summed E-state index contributed by atoms with van der Waals surface area (Å²) in [5, 5.41) is 8.82. The molecule has 0 spiro atoms. The lowest BCUT2D eigenvalue weighted by Crippen LogP contribution is -2.47. The van der Waals surface area contributed by atoms with E-state index in [-0.39, 0.29) is 24.3 Å². The molecule has 1 aliphatic heterocycles. The SMILES string of the molecule is Cc1ccc(C2CC2C(=O)N2CCOC(CC(=O)O)C2)s1. The highest BCUT2D eigenvalue weighted by atomic mass is 32.1. The van der Waals surface area contributed by atoms with Gasteiger partial charge in [0.2, 0.25) is 5.91 Å². The molecular weight excluding hydrogens is 290 g/mol. The van der Waals surface area contributed by atoms with Crippen molar-refractivity contribution in [2.75, 3.05) is 19.7 Å². The fourth-order valence-corrected chi connectivity index (χ4v) is 3.96. The molecule has 1 N–H and O–H groups in total. The molecule has 0 bridgehead atoms. The summed E-state index contributed by atoms with van der Waals surface area (Å²) in [5.41, 5.74) is 0. The van der Waals surface area contributed by atoms with Crippen molar-refractivity contribution in [3.63, 3.8) is 0 Å². The lowest BCUT2D eigenvalue weighted by molar-refractivity contribution is -0.148. The van der Waals surface area contributed by atoms with Crippen molar-refractivity contribution in [3.8, 4) is 0 Å². The Hall–Kier alpha value is -1.40. The number of thiophene rings is 1. The van der Waals surface area contributed by atoms with Crippen molar-refractivity contribution < 1.29 is 19.4 Å². The zero-order chi connectivity index (χ0) is 15.0. The number of aryl methyl sites for hydroxylation is 1. The van der Waals surface area contributed by atoms with Crippen LogP contribution >= 0.6 is 11.3 Å². The third-order valence-electron chi connectivity index (χ3n) is 4.09. The van der Waals surface area contributed by atoms with Gasteiger partial charge in [0.1, 0.15) is 0 Å². The highest BCUT2D eigenvalue weighted by molar-refractivity contribution is 7.12. The van der Waals surface area contributed by atoms with E-state index in [9.17, 15) is 9.59 Å². The highest BCUT2D eigenvalue weighted by Gasteiger charge is 2.47. The molecule has 0 radical (unpaired) electrons. The number of amides is 1. The van der Waals surface area contributed by atoms with Gasteiger partial charge in [-0.25, -0.2) is 0 Å². The van der Waals surface area contributed by atoms with Gasteiger partial charge < -0.3 is 14.7 Å². The minimum atomic E-state index is -0.882. The topological polar surface area (TPSA) is 66.8 Å². The number of rotatable bonds is 4. The van der Waals surface area contributed by atoms with E-state index in [0.29, 0.717) is 25.6 Å². The van der Waals surface area contributed by atoms with E-state index in [4.69, 9.17) is 9.84 Å². The molecule has 1 aromatic rings. The molecular formula is C15H19NO4S. The summed E-state index contributed by atoms with van der Waals surface area (Å²) in [6.45, 7) is 3.48. The number of hydrogen-bond acceptors (Lipinski definition) is 4. The number of carbonyl (C=O) groups excluding carboxylic acids is 1. The van der Waals surface area contributed by atoms with Crippen LogP contribution in [0.5, 0.6) is 0 Å². The van der Waals surface area contributed by atoms with Gasteiger partial charge in [0.15, 0.2) is 0 Å². The molecule has 1 amide bonds. The second-order valence-corrected chi connectivity index (χ2v) is 7.09. The Bertz CT molecular complexity index is 556. The van der Waals surface area contributed by atoms with Crippen LogP contribution in [-0.4, -0.2) is 47.7 Å². The molecule has 114 valence electrons. The Labute approximate surface area is 127 Å². The van der Waals surface area contributed by atoms with E-state index < -0.39 is 5.97 Å². The fourth-order valence-electron chi connectivity index (χ4n) is 2.91. The monoisotopic (exact) mass is 309 g/mol. The second kappa shape index (κ2) is 5.77. The lowest BCUT2D eigenvalue weighted by atomic mass is 10.1. The molecule has 3 unspecified atom stereocenters. The number of nitrogens with zero attached hydrogens (tertiary/aromatic N) is 1. The van der Waals surface area contributed by atoms with Crippen LogP contribution in [0.15, 0.2) is 12.1 Å². The number of aliphatic carboxylic acids is 1. The van der Waals surface area contributed by atoms with Crippen molar-refractivity contribution in [2.24, 2.45) is 5.92 Å². The van der Waals surface area contributed by atoms with Gasteiger partial charge >= 0.3 is 5.97 Å². The summed E-state index contributed by atoms with van der Waals surface area (Å²) < 4.78 is 5.41. The Balaban J connectivity index is 1.57. The molecule has 3 rings (SSSR count). The first-order valence-corrected chi connectivity index (χ1v) is 8.04. The van der Waals surface area contributed by atoms with Crippen LogP contribution < -0.4 is 0 Å². The minimum Gasteiger partial charge on any atom is -0.481 e. The van der Waals surface area contributed by atoms with E-state index >= 15 is 0 Å². The Morgan fingerprint density at radius 3 is 2.95 bits per heavy atom. The van der Waals surface area contributed by atoms with E-state index in [1.807, 2.05) is 0 Å². The molecule has 0 aromatic carbocycles. The summed E-state index contributed by atoms with van der Waals surface area (Å²) in [4.78, 5) is 27.6. The summed E-state index contributed by atoms with van der Waals surface area (Å²) >= 11 is 1.76. The van der Waals surface area contributed by atoms with Crippen LogP contribution in [0.4, 0.5) is 0 Å². The van der Waals surface area contributed by atoms with Gasteiger partial charge in [-0.3, -0.25) is 9.59 Å². The van der Waals surface area contributed by atoms with E-state index in [1.54, 1.807) is 16.2 Å². The largest absolute Gasteiger partial charge is 0.481 e. The van der Waals surface area contributed by atoms with Crippen molar-refractivity contribution in [1.29, 1.82) is 0 Å². The Morgan fingerprint density at radius 1 is 1.48 bits per heavy atom. The van der Waals surface area contributed by atoms with Crippen LogP contribution in [0.2, 0.25) is 0 Å². The molecule has 2 heterocycles. The first-order valence-electron chi connectivity index (χ1n) is 7.23. The summed E-state index contributed by atoms with van der Waals surface area (Å²) in [6, 6.07) is 4.21. The average Bonchev–Trinajstić information content (AvgIpc) is 3.12. The molecule has 2 fully saturated rings. The second-order valence-electron chi connectivity index (χ2n) is 5.77. The fraction of sp³-hybridized carbons (Fsp3) is 0.600. The number of carboxylic acids is 1. The van der Waals surface area contributed by atoms with Gasteiger partial charge in [-0.2, -0.15) is 0 Å². The molecule has 1 saturated heterocycles. The van der Waals surface area contributed by atoms with E-state index in [2.05, 4.69) is 19.1 Å². The van der Waals surface area contributed by atoms with Crippen molar-refractivity contribution >= 4 is 23.2 Å². The Kier molecular flexibility index (Phi) is 3.99. The normalized spacial score (nSPS) is 28.4. The molecule has 2 aliphatic rings. The molecule has 21 heavy (non-hydrogen) atoms. The number of hydrogen-bond donors (Lipinski definition) is 1. The van der Waals surface area contributed by atoms with Gasteiger partial charge in [-0.1, -0.05) is 0 Å². The first-order chi connectivity index (χ1) is 10.0.